The fraction of sp³-hybridized carbons (Fsp3) is 0.867. The lowest BCUT2D eigenvalue weighted by Crippen LogP contribution is -2.46. The van der Waals surface area contributed by atoms with Crippen LogP contribution in [0.4, 0.5) is 0 Å². The zero-order chi connectivity index (χ0) is 14.7. The Kier molecular flexibility index (Phi) is 5.02. The molecule has 2 saturated heterocycles. The Morgan fingerprint density at radius 1 is 1.30 bits per heavy atom. The number of amides is 1. The number of hydrogen-bond donors (Lipinski definition) is 3. The predicted octanol–water partition coefficient (Wildman–Crippen LogP) is 1.52. The van der Waals surface area contributed by atoms with Crippen molar-refractivity contribution >= 4 is 11.9 Å². The molecular formula is C15H26N2O3. The molecule has 3 N–H and O–H groups in total. The average molecular weight is 282 g/mol. The van der Waals surface area contributed by atoms with Crippen LogP contribution in [-0.2, 0) is 9.59 Å². The van der Waals surface area contributed by atoms with Crippen LogP contribution in [0.2, 0.25) is 0 Å². The summed E-state index contributed by atoms with van der Waals surface area (Å²) in [5, 5.41) is 15.5. The van der Waals surface area contributed by atoms with E-state index in [0.29, 0.717) is 24.4 Å². The lowest BCUT2D eigenvalue weighted by molar-refractivity contribution is -0.143. The highest BCUT2D eigenvalue weighted by Gasteiger charge is 2.35. The summed E-state index contributed by atoms with van der Waals surface area (Å²) >= 11 is 0. The number of nitrogens with one attached hydrogen (secondary N) is 2. The highest BCUT2D eigenvalue weighted by Crippen LogP contribution is 2.32. The van der Waals surface area contributed by atoms with E-state index in [9.17, 15) is 14.7 Å². The molecule has 2 rings (SSSR count). The Balaban J connectivity index is 1.83. The highest BCUT2D eigenvalue weighted by molar-refractivity contribution is 5.83. The molecule has 0 radical (unpaired) electrons. The van der Waals surface area contributed by atoms with E-state index in [0.717, 1.165) is 19.3 Å². The first kappa shape index (κ1) is 15.3. The molecule has 114 valence electrons. The number of rotatable bonds is 6. The fourth-order valence-corrected chi connectivity index (χ4v) is 3.52. The Bertz CT molecular complexity index is 360. The smallest absolute Gasteiger partial charge is 0.326 e. The van der Waals surface area contributed by atoms with E-state index in [2.05, 4.69) is 10.6 Å². The van der Waals surface area contributed by atoms with Crippen LogP contribution in [0, 0.1) is 11.8 Å². The van der Waals surface area contributed by atoms with Gasteiger partial charge in [0.05, 0.1) is 0 Å². The lowest BCUT2D eigenvalue weighted by atomic mass is 9.89. The van der Waals surface area contributed by atoms with Crippen molar-refractivity contribution in [2.75, 3.05) is 0 Å². The summed E-state index contributed by atoms with van der Waals surface area (Å²) in [6.45, 7) is 3.81. The molecule has 0 saturated carbocycles. The highest BCUT2D eigenvalue weighted by atomic mass is 16.4. The molecule has 2 aliphatic rings. The number of piperidine rings is 1. The number of aliphatic carboxylic acids is 1. The Hall–Kier alpha value is -1.10. The van der Waals surface area contributed by atoms with Crippen molar-refractivity contribution in [3.8, 4) is 0 Å². The summed E-state index contributed by atoms with van der Waals surface area (Å²) in [5.41, 5.74) is 0. The van der Waals surface area contributed by atoms with E-state index in [1.54, 1.807) is 0 Å². The van der Waals surface area contributed by atoms with Gasteiger partial charge in [0.25, 0.3) is 0 Å². The maximum absolute atomic E-state index is 12.1. The van der Waals surface area contributed by atoms with Crippen LogP contribution in [-0.4, -0.2) is 35.1 Å². The van der Waals surface area contributed by atoms with Crippen LogP contribution in [0.5, 0.6) is 0 Å². The molecule has 2 bridgehead atoms. The molecule has 2 fully saturated rings. The van der Waals surface area contributed by atoms with Crippen molar-refractivity contribution in [3.63, 3.8) is 0 Å². The molecule has 0 aromatic rings. The van der Waals surface area contributed by atoms with Crippen molar-refractivity contribution in [2.45, 2.75) is 70.5 Å². The van der Waals surface area contributed by atoms with Crippen molar-refractivity contribution in [3.05, 3.63) is 0 Å². The van der Waals surface area contributed by atoms with Gasteiger partial charge in [0, 0.05) is 18.5 Å². The summed E-state index contributed by atoms with van der Waals surface area (Å²) in [7, 11) is 0. The Morgan fingerprint density at radius 3 is 2.40 bits per heavy atom. The molecule has 2 aliphatic heterocycles. The van der Waals surface area contributed by atoms with Gasteiger partial charge in [-0.05, 0) is 37.5 Å². The van der Waals surface area contributed by atoms with Crippen LogP contribution in [0.3, 0.4) is 0 Å². The van der Waals surface area contributed by atoms with E-state index >= 15 is 0 Å². The molecule has 5 nitrogen and oxygen atoms in total. The fourth-order valence-electron chi connectivity index (χ4n) is 3.52. The number of carboxylic acids is 1. The van der Waals surface area contributed by atoms with Gasteiger partial charge < -0.3 is 15.7 Å². The standard InChI is InChI=1S/C15H26N2O3/c1-3-9(2)14(15(19)20)17-13(18)8-10-6-11-4-5-12(7-10)16-11/h9-12,14,16H,3-8H2,1-2H3,(H,17,18)(H,19,20)/t9-,10?,11?,12?,14-/m0/s1. The monoisotopic (exact) mass is 282 g/mol. The SMILES string of the molecule is CC[C@H](C)[C@H](NC(=O)CC1CC2CCC(C1)N2)C(=O)O. The molecule has 20 heavy (non-hydrogen) atoms. The first-order valence-corrected chi connectivity index (χ1v) is 7.77. The van der Waals surface area contributed by atoms with Crippen LogP contribution in [0.15, 0.2) is 0 Å². The molecule has 1 amide bonds. The molecule has 2 heterocycles. The first-order chi connectivity index (χ1) is 9.49. The van der Waals surface area contributed by atoms with Gasteiger partial charge >= 0.3 is 5.97 Å². The maximum Gasteiger partial charge on any atom is 0.326 e. The largest absolute Gasteiger partial charge is 0.480 e. The van der Waals surface area contributed by atoms with E-state index in [1.165, 1.54) is 12.8 Å². The second kappa shape index (κ2) is 6.57. The van der Waals surface area contributed by atoms with Crippen LogP contribution >= 0.6 is 0 Å². The molecule has 4 atom stereocenters. The normalized spacial score (nSPS) is 31.6. The summed E-state index contributed by atoms with van der Waals surface area (Å²) in [5.74, 6) is -0.678. The van der Waals surface area contributed by atoms with Crippen molar-refractivity contribution in [1.82, 2.24) is 10.6 Å². The predicted molar refractivity (Wildman–Crippen MR) is 76.3 cm³/mol. The molecule has 0 aromatic heterocycles. The van der Waals surface area contributed by atoms with Gasteiger partial charge in [-0.25, -0.2) is 4.79 Å². The van der Waals surface area contributed by atoms with E-state index < -0.39 is 12.0 Å². The number of carbonyl (C=O) groups excluding carboxylic acids is 1. The molecule has 0 aliphatic carbocycles. The Labute approximate surface area is 120 Å². The van der Waals surface area contributed by atoms with Crippen LogP contribution < -0.4 is 10.6 Å². The van der Waals surface area contributed by atoms with Gasteiger partial charge in [0.1, 0.15) is 6.04 Å². The van der Waals surface area contributed by atoms with E-state index in [-0.39, 0.29) is 11.8 Å². The van der Waals surface area contributed by atoms with Gasteiger partial charge in [-0.2, -0.15) is 0 Å². The van der Waals surface area contributed by atoms with E-state index in [1.807, 2.05) is 13.8 Å². The molecular weight excluding hydrogens is 256 g/mol. The maximum atomic E-state index is 12.1. The quantitative estimate of drug-likeness (QED) is 0.690. The number of hydrogen-bond acceptors (Lipinski definition) is 3. The summed E-state index contributed by atoms with van der Waals surface area (Å²) < 4.78 is 0. The van der Waals surface area contributed by atoms with E-state index in [4.69, 9.17) is 0 Å². The third-order valence-electron chi connectivity index (χ3n) is 4.84. The zero-order valence-corrected chi connectivity index (χ0v) is 12.4. The topological polar surface area (TPSA) is 78.4 Å². The van der Waals surface area contributed by atoms with Gasteiger partial charge in [-0.3, -0.25) is 4.79 Å². The third-order valence-corrected chi connectivity index (χ3v) is 4.84. The summed E-state index contributed by atoms with van der Waals surface area (Å²) in [4.78, 5) is 23.3. The van der Waals surface area contributed by atoms with Crippen molar-refractivity contribution < 1.29 is 14.7 Å². The lowest BCUT2D eigenvalue weighted by Gasteiger charge is -2.29. The number of fused-ring (bicyclic) bond motifs is 2. The molecule has 5 heteroatoms. The van der Waals surface area contributed by atoms with Gasteiger partial charge in [-0.15, -0.1) is 0 Å². The molecule has 0 aromatic carbocycles. The second-order valence-electron chi connectivity index (χ2n) is 6.45. The van der Waals surface area contributed by atoms with Crippen LogP contribution in [0.1, 0.15) is 52.4 Å². The first-order valence-electron chi connectivity index (χ1n) is 7.77. The van der Waals surface area contributed by atoms with Crippen LogP contribution in [0.25, 0.3) is 0 Å². The third kappa shape index (κ3) is 3.72. The average Bonchev–Trinajstić information content (AvgIpc) is 2.74. The minimum absolute atomic E-state index is 0.0411. The zero-order valence-electron chi connectivity index (χ0n) is 12.4. The second-order valence-corrected chi connectivity index (χ2v) is 6.45. The molecule has 2 unspecified atom stereocenters. The number of carboxylic acid groups (broad SMARTS) is 1. The van der Waals surface area contributed by atoms with Gasteiger partial charge in [0.15, 0.2) is 0 Å². The van der Waals surface area contributed by atoms with Gasteiger partial charge in [-0.1, -0.05) is 20.3 Å². The van der Waals surface area contributed by atoms with Gasteiger partial charge in [0.2, 0.25) is 5.91 Å². The summed E-state index contributed by atoms with van der Waals surface area (Å²) in [6.07, 6.45) is 5.74. The minimum atomic E-state index is -0.932. The van der Waals surface area contributed by atoms with Crippen molar-refractivity contribution in [1.29, 1.82) is 0 Å². The molecule has 0 spiro atoms. The minimum Gasteiger partial charge on any atom is -0.480 e. The summed E-state index contributed by atoms with van der Waals surface area (Å²) in [6, 6.07) is 0.374. The Morgan fingerprint density at radius 2 is 1.90 bits per heavy atom. The van der Waals surface area contributed by atoms with Crippen molar-refractivity contribution in [2.24, 2.45) is 11.8 Å². The number of carbonyl (C=O) groups is 2.